The minimum Gasteiger partial charge on any atom is -0.368 e. The maximum atomic E-state index is 5.68. The third-order valence-electron chi connectivity index (χ3n) is 2.65. The number of ether oxygens (including phenoxy) is 1. The van der Waals surface area contributed by atoms with Crippen LogP contribution >= 0.6 is 11.3 Å². The summed E-state index contributed by atoms with van der Waals surface area (Å²) in [6, 6.07) is 5.85. The van der Waals surface area contributed by atoms with Gasteiger partial charge in [-0.2, -0.15) is 0 Å². The number of hydrogen-bond donors (Lipinski definition) is 1. The molecule has 1 aliphatic heterocycles. The molecule has 3 rings (SSSR count). The second kappa shape index (κ2) is 4.91. The van der Waals surface area contributed by atoms with E-state index in [1.165, 1.54) is 0 Å². The molecule has 5 heteroatoms. The summed E-state index contributed by atoms with van der Waals surface area (Å²) in [6.07, 6.45) is 1.87. The van der Waals surface area contributed by atoms with Gasteiger partial charge in [-0.25, -0.2) is 4.98 Å². The Morgan fingerprint density at radius 3 is 3.12 bits per heavy atom. The summed E-state index contributed by atoms with van der Waals surface area (Å²) in [4.78, 5) is 8.89. The molecule has 1 N–H and O–H groups in total. The Hall–Kier alpha value is -1.30. The van der Waals surface area contributed by atoms with E-state index >= 15 is 0 Å². The molecule has 1 saturated heterocycles. The van der Waals surface area contributed by atoms with E-state index < -0.39 is 0 Å². The fraction of sp³-hybridized carbons (Fsp3) is 0.333. The Morgan fingerprint density at radius 2 is 2.35 bits per heavy atom. The van der Waals surface area contributed by atoms with Gasteiger partial charge in [-0.05, 0) is 12.1 Å². The molecule has 2 aromatic heterocycles. The van der Waals surface area contributed by atoms with E-state index in [-0.39, 0.29) is 6.10 Å². The van der Waals surface area contributed by atoms with Crippen molar-refractivity contribution in [2.45, 2.75) is 6.10 Å². The van der Waals surface area contributed by atoms with Gasteiger partial charge >= 0.3 is 0 Å². The van der Waals surface area contributed by atoms with Gasteiger partial charge in [0, 0.05) is 24.7 Å². The summed E-state index contributed by atoms with van der Waals surface area (Å²) in [5.41, 5.74) is 1.85. The Morgan fingerprint density at radius 1 is 1.35 bits per heavy atom. The van der Waals surface area contributed by atoms with Crippen molar-refractivity contribution in [1.29, 1.82) is 0 Å². The van der Waals surface area contributed by atoms with Gasteiger partial charge in [-0.1, -0.05) is 6.07 Å². The number of hydrogen-bond acceptors (Lipinski definition) is 5. The molecule has 0 spiro atoms. The van der Waals surface area contributed by atoms with Crippen LogP contribution in [0.5, 0.6) is 0 Å². The van der Waals surface area contributed by atoms with Crippen molar-refractivity contribution in [2.75, 3.05) is 19.7 Å². The van der Waals surface area contributed by atoms with E-state index in [1.807, 2.05) is 23.6 Å². The molecule has 3 heterocycles. The van der Waals surface area contributed by atoms with E-state index in [9.17, 15) is 0 Å². The average molecular weight is 247 g/mol. The van der Waals surface area contributed by atoms with Crippen molar-refractivity contribution in [2.24, 2.45) is 0 Å². The van der Waals surface area contributed by atoms with Gasteiger partial charge < -0.3 is 10.1 Å². The fourth-order valence-corrected chi connectivity index (χ4v) is 2.65. The van der Waals surface area contributed by atoms with Gasteiger partial charge in [-0.15, -0.1) is 11.3 Å². The summed E-state index contributed by atoms with van der Waals surface area (Å²) in [5.74, 6) is 0. The molecule has 17 heavy (non-hydrogen) atoms. The molecular formula is C12H13N3OS. The van der Waals surface area contributed by atoms with E-state index in [4.69, 9.17) is 4.74 Å². The monoisotopic (exact) mass is 247 g/mol. The zero-order chi connectivity index (χ0) is 11.5. The Labute approximate surface area is 104 Å². The molecular weight excluding hydrogens is 234 g/mol. The van der Waals surface area contributed by atoms with E-state index in [0.29, 0.717) is 0 Å². The third-order valence-corrected chi connectivity index (χ3v) is 3.59. The molecule has 0 radical (unpaired) electrons. The number of nitrogens with zero attached hydrogens (tertiary/aromatic N) is 2. The van der Waals surface area contributed by atoms with Crippen LogP contribution in [0.15, 0.2) is 29.8 Å². The molecule has 0 aromatic carbocycles. The van der Waals surface area contributed by atoms with Crippen LogP contribution in [0.25, 0.3) is 11.4 Å². The van der Waals surface area contributed by atoms with E-state index in [1.54, 1.807) is 17.5 Å². The zero-order valence-electron chi connectivity index (χ0n) is 9.30. The van der Waals surface area contributed by atoms with Crippen LogP contribution in [-0.4, -0.2) is 29.7 Å². The highest BCUT2D eigenvalue weighted by atomic mass is 32.1. The number of thiazole rings is 1. The van der Waals surface area contributed by atoms with E-state index in [2.05, 4.69) is 15.3 Å². The predicted octanol–water partition coefficient (Wildman–Crippen LogP) is 1.87. The van der Waals surface area contributed by atoms with Crippen molar-refractivity contribution in [3.63, 3.8) is 0 Å². The highest BCUT2D eigenvalue weighted by Crippen LogP contribution is 2.26. The van der Waals surface area contributed by atoms with Crippen LogP contribution < -0.4 is 5.32 Å². The van der Waals surface area contributed by atoms with Crippen LogP contribution in [0.2, 0.25) is 0 Å². The normalized spacial score (nSPS) is 20.4. The van der Waals surface area contributed by atoms with Gasteiger partial charge in [0.2, 0.25) is 0 Å². The molecule has 0 aliphatic carbocycles. The maximum absolute atomic E-state index is 5.68. The molecule has 1 unspecified atom stereocenters. The smallest absolute Gasteiger partial charge is 0.124 e. The first-order valence-corrected chi connectivity index (χ1v) is 6.50. The number of morpholine rings is 1. The Balaban J connectivity index is 1.83. The topological polar surface area (TPSA) is 47.0 Å². The SMILES string of the molecule is c1ccc(-c2csc(C3CNCCO3)n2)nc1. The highest BCUT2D eigenvalue weighted by molar-refractivity contribution is 7.10. The number of nitrogens with one attached hydrogen (secondary N) is 1. The van der Waals surface area contributed by atoms with Crippen molar-refractivity contribution in [3.05, 3.63) is 34.8 Å². The lowest BCUT2D eigenvalue weighted by molar-refractivity contribution is 0.0276. The number of pyridine rings is 1. The van der Waals surface area contributed by atoms with Crippen LogP contribution in [0.1, 0.15) is 11.1 Å². The summed E-state index contributed by atoms with van der Waals surface area (Å²) < 4.78 is 5.68. The molecule has 1 aliphatic rings. The lowest BCUT2D eigenvalue weighted by Gasteiger charge is -2.21. The zero-order valence-corrected chi connectivity index (χ0v) is 10.1. The van der Waals surface area contributed by atoms with Crippen molar-refractivity contribution in [1.82, 2.24) is 15.3 Å². The second-order valence-corrected chi connectivity index (χ2v) is 4.74. The largest absolute Gasteiger partial charge is 0.368 e. The van der Waals surface area contributed by atoms with Crippen LogP contribution in [0.4, 0.5) is 0 Å². The first-order chi connectivity index (χ1) is 8.43. The van der Waals surface area contributed by atoms with Crippen molar-refractivity contribution < 1.29 is 4.74 Å². The minimum absolute atomic E-state index is 0.0891. The number of aromatic nitrogens is 2. The molecule has 0 bridgehead atoms. The maximum Gasteiger partial charge on any atom is 0.124 e. The second-order valence-electron chi connectivity index (χ2n) is 3.85. The summed E-state index contributed by atoms with van der Waals surface area (Å²) in [7, 11) is 0. The molecule has 4 nitrogen and oxygen atoms in total. The van der Waals surface area contributed by atoms with Gasteiger partial charge in [0.05, 0.1) is 18.0 Å². The first kappa shape index (κ1) is 10.8. The fourth-order valence-electron chi connectivity index (χ4n) is 1.79. The molecule has 2 aromatic rings. The Bertz CT molecular complexity index is 480. The van der Waals surface area contributed by atoms with Gasteiger partial charge in [0.25, 0.3) is 0 Å². The summed E-state index contributed by atoms with van der Waals surface area (Å²) >= 11 is 1.63. The quantitative estimate of drug-likeness (QED) is 0.880. The summed E-state index contributed by atoms with van der Waals surface area (Å²) in [5, 5.41) is 6.37. The summed E-state index contributed by atoms with van der Waals surface area (Å²) in [6.45, 7) is 2.52. The highest BCUT2D eigenvalue weighted by Gasteiger charge is 2.19. The molecule has 1 atom stereocenters. The van der Waals surface area contributed by atoms with Crippen molar-refractivity contribution in [3.8, 4) is 11.4 Å². The van der Waals surface area contributed by atoms with Crippen LogP contribution in [0.3, 0.4) is 0 Å². The minimum atomic E-state index is 0.0891. The van der Waals surface area contributed by atoms with Gasteiger partial charge in [0.1, 0.15) is 11.1 Å². The standard InChI is InChI=1S/C12H13N3OS/c1-2-4-14-9(3-1)10-8-17-12(15-10)11-7-13-5-6-16-11/h1-4,8,11,13H,5-7H2. The van der Waals surface area contributed by atoms with Gasteiger partial charge in [0.15, 0.2) is 0 Å². The number of rotatable bonds is 2. The lowest BCUT2D eigenvalue weighted by Crippen LogP contribution is -2.33. The molecule has 88 valence electrons. The van der Waals surface area contributed by atoms with E-state index in [0.717, 1.165) is 36.1 Å². The molecule has 0 saturated carbocycles. The van der Waals surface area contributed by atoms with Crippen molar-refractivity contribution >= 4 is 11.3 Å². The van der Waals surface area contributed by atoms with Crippen LogP contribution in [0, 0.1) is 0 Å². The first-order valence-electron chi connectivity index (χ1n) is 5.62. The van der Waals surface area contributed by atoms with Gasteiger partial charge in [-0.3, -0.25) is 4.98 Å². The predicted molar refractivity (Wildman–Crippen MR) is 66.9 cm³/mol. The van der Waals surface area contributed by atoms with Crippen LogP contribution in [-0.2, 0) is 4.74 Å². The lowest BCUT2D eigenvalue weighted by atomic mass is 10.3. The average Bonchev–Trinajstić information content (AvgIpc) is 2.90. The molecule has 1 fully saturated rings. The Kier molecular flexibility index (Phi) is 3.13. The third kappa shape index (κ3) is 2.36. The molecule has 0 amide bonds.